The molecule has 0 saturated carbocycles. The Hall–Kier alpha value is -2.34. The molecule has 1 N–H and O–H groups in total. The van der Waals surface area contributed by atoms with Crippen LogP contribution in [-0.4, -0.2) is 34.6 Å². The molecule has 0 fully saturated rings. The van der Waals surface area contributed by atoms with Crippen molar-refractivity contribution < 1.29 is 14.0 Å². The molecule has 0 aliphatic heterocycles. The highest BCUT2D eigenvalue weighted by Crippen LogP contribution is 2.19. The molecule has 0 bridgehead atoms. The summed E-state index contributed by atoms with van der Waals surface area (Å²) in [5.41, 5.74) is 4.40. The second-order valence-electron chi connectivity index (χ2n) is 8.38. The first-order chi connectivity index (χ1) is 15.2. The minimum Gasteiger partial charge on any atom is -0.352 e. The van der Waals surface area contributed by atoms with Gasteiger partial charge in [0.1, 0.15) is 11.9 Å². The van der Waals surface area contributed by atoms with Crippen LogP contribution in [0.5, 0.6) is 0 Å². The molecule has 4 nitrogen and oxygen atoms in total. The van der Waals surface area contributed by atoms with E-state index >= 15 is 0 Å². The van der Waals surface area contributed by atoms with Gasteiger partial charge in [-0.1, -0.05) is 55.3 Å². The van der Waals surface area contributed by atoms with Gasteiger partial charge in [0.25, 0.3) is 0 Å². The van der Waals surface area contributed by atoms with Crippen molar-refractivity contribution in [1.82, 2.24) is 10.2 Å². The van der Waals surface area contributed by atoms with Crippen LogP contribution in [-0.2, 0) is 21.9 Å². The summed E-state index contributed by atoms with van der Waals surface area (Å²) >= 11 is 1.55. The van der Waals surface area contributed by atoms with Crippen LogP contribution in [0.2, 0.25) is 0 Å². The van der Waals surface area contributed by atoms with Gasteiger partial charge in [0.2, 0.25) is 11.8 Å². The molecule has 2 rings (SSSR count). The molecule has 0 aliphatic carbocycles. The fourth-order valence-electron chi connectivity index (χ4n) is 3.64. The number of hydrogen-bond acceptors (Lipinski definition) is 3. The van der Waals surface area contributed by atoms with Crippen LogP contribution in [0.1, 0.15) is 55.9 Å². The summed E-state index contributed by atoms with van der Waals surface area (Å²) in [6, 6.07) is 12.0. The van der Waals surface area contributed by atoms with Crippen molar-refractivity contribution in [1.29, 1.82) is 0 Å². The Morgan fingerprint density at radius 3 is 2.19 bits per heavy atom. The summed E-state index contributed by atoms with van der Waals surface area (Å²) in [7, 11) is 0. The SMILES string of the molecule is CC[C@@H](C)NC(=O)[C@H](CC)N(Cc1ccc(F)cc1)C(=O)CSCc1cc(C)cc(C)c1. The zero-order valence-electron chi connectivity index (χ0n) is 19.8. The third kappa shape index (κ3) is 7.97. The number of nitrogens with zero attached hydrogens (tertiary/aromatic N) is 1. The van der Waals surface area contributed by atoms with Gasteiger partial charge in [0, 0.05) is 18.3 Å². The number of thioether (sulfide) groups is 1. The van der Waals surface area contributed by atoms with E-state index in [2.05, 4.69) is 37.4 Å². The zero-order valence-corrected chi connectivity index (χ0v) is 20.6. The number of hydrogen-bond donors (Lipinski definition) is 1. The summed E-state index contributed by atoms with van der Waals surface area (Å²) in [5.74, 6) is 0.458. The molecule has 0 spiro atoms. The lowest BCUT2D eigenvalue weighted by Crippen LogP contribution is -2.51. The molecule has 2 aromatic rings. The minimum absolute atomic E-state index is 0.0401. The summed E-state index contributed by atoms with van der Waals surface area (Å²) in [6.45, 7) is 10.3. The standard InChI is InChI=1S/C26H35FN2O2S/c1-6-20(5)28-26(31)24(7-2)29(15-21-8-10-23(27)11-9-21)25(30)17-32-16-22-13-18(3)12-19(4)14-22/h8-14,20,24H,6-7,15-17H2,1-5H3,(H,28,31)/t20-,24+/m1/s1. The molecule has 6 heteroatoms. The molecule has 2 atom stereocenters. The predicted octanol–water partition coefficient (Wildman–Crippen LogP) is 5.40. The first-order valence-corrected chi connectivity index (χ1v) is 12.4. The monoisotopic (exact) mass is 458 g/mol. The summed E-state index contributed by atoms with van der Waals surface area (Å²) in [5, 5.41) is 3.01. The van der Waals surface area contributed by atoms with Gasteiger partial charge in [-0.15, -0.1) is 11.8 Å². The van der Waals surface area contributed by atoms with Gasteiger partial charge in [0.05, 0.1) is 5.75 Å². The lowest BCUT2D eigenvalue weighted by Gasteiger charge is -2.31. The van der Waals surface area contributed by atoms with Crippen molar-refractivity contribution in [3.8, 4) is 0 Å². The molecule has 2 amide bonds. The summed E-state index contributed by atoms with van der Waals surface area (Å²) in [6.07, 6.45) is 1.33. The third-order valence-corrected chi connectivity index (χ3v) is 6.42. The van der Waals surface area contributed by atoms with E-state index in [1.807, 2.05) is 20.8 Å². The van der Waals surface area contributed by atoms with E-state index in [1.165, 1.54) is 28.8 Å². The number of nitrogens with one attached hydrogen (secondary N) is 1. The van der Waals surface area contributed by atoms with Crippen LogP contribution in [0.3, 0.4) is 0 Å². The highest BCUT2D eigenvalue weighted by Gasteiger charge is 2.29. The molecule has 0 unspecified atom stereocenters. The van der Waals surface area contributed by atoms with Gasteiger partial charge < -0.3 is 10.2 Å². The smallest absolute Gasteiger partial charge is 0.243 e. The quantitative estimate of drug-likeness (QED) is 0.491. The second kappa shape index (κ2) is 12.6. The molecule has 0 saturated heterocycles. The third-order valence-electron chi connectivity index (χ3n) is 5.43. The number of amides is 2. The van der Waals surface area contributed by atoms with Crippen molar-refractivity contribution in [3.63, 3.8) is 0 Å². The zero-order chi connectivity index (χ0) is 23.7. The Bertz CT molecular complexity index is 881. The van der Waals surface area contributed by atoms with Crippen molar-refractivity contribution >= 4 is 23.6 Å². The number of rotatable bonds is 11. The van der Waals surface area contributed by atoms with Gasteiger partial charge in [-0.25, -0.2) is 4.39 Å². The molecule has 2 aromatic carbocycles. The van der Waals surface area contributed by atoms with Crippen molar-refractivity contribution in [3.05, 3.63) is 70.5 Å². The molecule has 0 radical (unpaired) electrons. The number of aryl methyl sites for hydroxylation is 2. The Morgan fingerprint density at radius 2 is 1.62 bits per heavy atom. The normalized spacial score (nSPS) is 12.8. The van der Waals surface area contributed by atoms with Gasteiger partial charge in [-0.2, -0.15) is 0 Å². The minimum atomic E-state index is -0.566. The van der Waals surface area contributed by atoms with E-state index in [1.54, 1.807) is 28.8 Å². The van der Waals surface area contributed by atoms with E-state index in [0.717, 1.165) is 17.7 Å². The molecule has 0 aromatic heterocycles. The largest absolute Gasteiger partial charge is 0.352 e. The van der Waals surface area contributed by atoms with Gasteiger partial charge in [-0.3, -0.25) is 9.59 Å². The van der Waals surface area contributed by atoms with Crippen LogP contribution in [0.15, 0.2) is 42.5 Å². The summed E-state index contributed by atoms with van der Waals surface area (Å²) in [4.78, 5) is 27.8. The molecular weight excluding hydrogens is 423 g/mol. The van der Waals surface area contributed by atoms with Crippen LogP contribution in [0.4, 0.5) is 4.39 Å². The fraction of sp³-hybridized carbons (Fsp3) is 0.462. The lowest BCUT2D eigenvalue weighted by atomic mass is 10.1. The number of benzene rings is 2. The fourth-order valence-corrected chi connectivity index (χ4v) is 4.48. The maximum Gasteiger partial charge on any atom is 0.243 e. The van der Waals surface area contributed by atoms with Crippen molar-refractivity contribution in [2.24, 2.45) is 0 Å². The van der Waals surface area contributed by atoms with E-state index in [-0.39, 0.29) is 36.0 Å². The number of carbonyl (C=O) groups excluding carboxylic acids is 2. The van der Waals surface area contributed by atoms with Crippen molar-refractivity contribution in [2.45, 2.75) is 71.8 Å². The topological polar surface area (TPSA) is 49.4 Å². The first-order valence-electron chi connectivity index (χ1n) is 11.2. The summed E-state index contributed by atoms with van der Waals surface area (Å²) < 4.78 is 13.4. The Morgan fingerprint density at radius 1 is 1.00 bits per heavy atom. The maximum absolute atomic E-state index is 13.4. The maximum atomic E-state index is 13.4. The van der Waals surface area contributed by atoms with Crippen molar-refractivity contribution in [2.75, 3.05) is 5.75 Å². The van der Waals surface area contributed by atoms with Crippen LogP contribution in [0.25, 0.3) is 0 Å². The Kier molecular flexibility index (Phi) is 10.2. The average molecular weight is 459 g/mol. The molecular formula is C26H35FN2O2S. The lowest BCUT2D eigenvalue weighted by molar-refractivity contribution is -0.139. The second-order valence-corrected chi connectivity index (χ2v) is 9.36. The first kappa shape index (κ1) is 25.9. The van der Waals surface area contributed by atoms with Crippen LogP contribution < -0.4 is 5.32 Å². The Balaban J connectivity index is 2.14. The molecule has 32 heavy (non-hydrogen) atoms. The van der Waals surface area contributed by atoms with Gasteiger partial charge in [-0.05, 0) is 56.9 Å². The predicted molar refractivity (Wildman–Crippen MR) is 131 cm³/mol. The van der Waals surface area contributed by atoms with E-state index < -0.39 is 6.04 Å². The molecule has 174 valence electrons. The average Bonchev–Trinajstić information content (AvgIpc) is 2.74. The van der Waals surface area contributed by atoms with E-state index in [0.29, 0.717) is 6.42 Å². The molecule has 0 aliphatic rings. The van der Waals surface area contributed by atoms with Gasteiger partial charge >= 0.3 is 0 Å². The van der Waals surface area contributed by atoms with Crippen LogP contribution >= 0.6 is 11.8 Å². The van der Waals surface area contributed by atoms with Crippen LogP contribution in [0, 0.1) is 19.7 Å². The highest BCUT2D eigenvalue weighted by atomic mass is 32.2. The molecule has 0 heterocycles. The Labute approximate surface area is 196 Å². The highest BCUT2D eigenvalue weighted by molar-refractivity contribution is 7.99. The van der Waals surface area contributed by atoms with E-state index in [4.69, 9.17) is 0 Å². The van der Waals surface area contributed by atoms with Gasteiger partial charge in [0.15, 0.2) is 0 Å². The van der Waals surface area contributed by atoms with E-state index in [9.17, 15) is 14.0 Å². The number of halogens is 1. The number of carbonyl (C=O) groups is 2.